The normalized spacial score (nSPS) is 11.6. The molecule has 8 aromatic rings. The van der Waals surface area contributed by atoms with Crippen LogP contribution in [0.5, 0.6) is 0 Å². The molecule has 8 rings (SSSR count). The summed E-state index contributed by atoms with van der Waals surface area (Å²) in [5.41, 5.74) is 8.68. The highest BCUT2D eigenvalue weighted by Gasteiger charge is 2.17. The van der Waals surface area contributed by atoms with Crippen molar-refractivity contribution >= 4 is 43.4 Å². The van der Waals surface area contributed by atoms with Crippen molar-refractivity contribution in [3.63, 3.8) is 0 Å². The fourth-order valence-electron chi connectivity index (χ4n) is 5.59. The Kier molecular flexibility index (Phi) is 5.15. The van der Waals surface area contributed by atoms with E-state index in [9.17, 15) is 0 Å². The van der Waals surface area contributed by atoms with Crippen molar-refractivity contribution in [1.29, 1.82) is 0 Å². The number of imidazole rings is 1. The minimum atomic E-state index is 0.948. The molecule has 0 amide bonds. The zero-order valence-corrected chi connectivity index (χ0v) is 22.5. The molecule has 0 atom stereocenters. The van der Waals surface area contributed by atoms with Gasteiger partial charge in [-0.25, -0.2) is 9.97 Å². The van der Waals surface area contributed by atoms with Gasteiger partial charge in [0.05, 0.1) is 26.9 Å². The summed E-state index contributed by atoms with van der Waals surface area (Å²) in [4.78, 5) is 14.2. The largest absolute Gasteiger partial charge is 0.334 e. The molecule has 0 aliphatic rings. The van der Waals surface area contributed by atoms with Crippen molar-refractivity contribution in [2.45, 2.75) is 0 Å². The van der Waals surface area contributed by atoms with Crippen LogP contribution in [0.25, 0.3) is 70.9 Å². The van der Waals surface area contributed by atoms with E-state index < -0.39 is 0 Å². The van der Waals surface area contributed by atoms with Gasteiger partial charge >= 0.3 is 0 Å². The molecule has 0 aliphatic heterocycles. The SMILES string of the molecule is Cn1ccnc1-c1cccc2nc(-c3ccc4c5ccccc5n(-c5cccc(-c6ccccn6)c5)c4c3)sc12. The summed E-state index contributed by atoms with van der Waals surface area (Å²) in [5.74, 6) is 0.948. The minimum Gasteiger partial charge on any atom is -0.334 e. The zero-order chi connectivity index (χ0) is 26.6. The standard InChI is InChI=1S/C34H23N5S/c1-38-19-18-36-33(38)27-11-7-13-29-32(27)40-34(37-29)23-15-16-26-25-10-2-3-14-30(25)39(31(26)21-23)24-9-6-8-22(20-24)28-12-4-5-17-35-28/h2-21H,1H3. The van der Waals surface area contributed by atoms with Crippen molar-refractivity contribution < 1.29 is 0 Å². The third-order valence-corrected chi connectivity index (χ3v) is 8.62. The molecule has 5 nitrogen and oxygen atoms in total. The number of fused-ring (bicyclic) bond motifs is 4. The number of benzene rings is 4. The van der Waals surface area contributed by atoms with Gasteiger partial charge in [-0.3, -0.25) is 4.98 Å². The summed E-state index contributed by atoms with van der Waals surface area (Å²) < 4.78 is 5.56. The van der Waals surface area contributed by atoms with Gasteiger partial charge in [0.2, 0.25) is 0 Å². The van der Waals surface area contributed by atoms with E-state index in [-0.39, 0.29) is 0 Å². The van der Waals surface area contributed by atoms with Gasteiger partial charge in [-0.05, 0) is 48.5 Å². The molecule has 0 saturated heterocycles. The molecule has 0 N–H and O–H groups in total. The first-order valence-corrected chi connectivity index (χ1v) is 14.0. The molecule has 0 saturated carbocycles. The van der Waals surface area contributed by atoms with Crippen LogP contribution in [0.4, 0.5) is 0 Å². The van der Waals surface area contributed by atoms with Crippen LogP contribution in [0.15, 0.2) is 122 Å². The third kappa shape index (κ3) is 3.57. The first-order valence-electron chi connectivity index (χ1n) is 13.2. The van der Waals surface area contributed by atoms with Crippen molar-refractivity contribution in [3.8, 4) is 38.9 Å². The molecule has 0 aliphatic carbocycles. The van der Waals surface area contributed by atoms with Crippen LogP contribution >= 0.6 is 11.3 Å². The summed E-state index contributed by atoms with van der Waals surface area (Å²) in [5, 5.41) is 3.45. The van der Waals surface area contributed by atoms with Crippen LogP contribution in [0.1, 0.15) is 0 Å². The molecule has 0 fully saturated rings. The van der Waals surface area contributed by atoms with Crippen molar-refractivity contribution in [1.82, 2.24) is 24.1 Å². The summed E-state index contributed by atoms with van der Waals surface area (Å²) in [6.45, 7) is 0. The predicted molar refractivity (Wildman–Crippen MR) is 165 cm³/mol. The molecule has 0 unspecified atom stereocenters. The fourth-order valence-corrected chi connectivity index (χ4v) is 6.66. The topological polar surface area (TPSA) is 48.5 Å². The number of hydrogen-bond donors (Lipinski definition) is 0. The number of thiazole rings is 1. The molecule has 190 valence electrons. The summed E-state index contributed by atoms with van der Waals surface area (Å²) in [6, 6.07) is 36.2. The van der Waals surface area contributed by atoms with Crippen molar-refractivity contribution in [3.05, 3.63) is 122 Å². The highest BCUT2D eigenvalue weighted by atomic mass is 32.1. The maximum Gasteiger partial charge on any atom is 0.141 e. The highest BCUT2D eigenvalue weighted by Crippen LogP contribution is 2.39. The fraction of sp³-hybridized carbons (Fsp3) is 0.0294. The van der Waals surface area contributed by atoms with E-state index in [1.807, 2.05) is 37.8 Å². The van der Waals surface area contributed by atoms with Gasteiger partial charge in [0.25, 0.3) is 0 Å². The van der Waals surface area contributed by atoms with Crippen LogP contribution in [0.3, 0.4) is 0 Å². The number of pyridine rings is 1. The van der Waals surface area contributed by atoms with E-state index in [1.54, 1.807) is 11.3 Å². The van der Waals surface area contributed by atoms with Crippen molar-refractivity contribution in [2.24, 2.45) is 7.05 Å². The molecule has 40 heavy (non-hydrogen) atoms. The Balaban J connectivity index is 1.33. The molecule has 6 heteroatoms. The summed E-state index contributed by atoms with van der Waals surface area (Å²) in [6.07, 6.45) is 5.66. The van der Waals surface area contributed by atoms with Gasteiger partial charge in [0.1, 0.15) is 10.8 Å². The van der Waals surface area contributed by atoms with Gasteiger partial charge in [-0.2, -0.15) is 0 Å². The maximum absolute atomic E-state index is 5.06. The van der Waals surface area contributed by atoms with Gasteiger partial charge in [0.15, 0.2) is 0 Å². The molecular weight excluding hydrogens is 510 g/mol. The Hall–Kier alpha value is -5.07. The third-order valence-electron chi connectivity index (χ3n) is 7.46. The smallest absolute Gasteiger partial charge is 0.141 e. The zero-order valence-electron chi connectivity index (χ0n) is 21.7. The molecule has 4 aromatic heterocycles. The van der Waals surface area contributed by atoms with Crippen LogP contribution in [-0.4, -0.2) is 24.1 Å². The minimum absolute atomic E-state index is 0.948. The second-order valence-corrected chi connectivity index (χ2v) is 10.9. The van der Waals surface area contributed by atoms with E-state index in [4.69, 9.17) is 4.98 Å². The maximum atomic E-state index is 5.06. The second kappa shape index (κ2) is 9.00. The average molecular weight is 534 g/mol. The molecule has 0 spiro atoms. The summed E-state index contributed by atoms with van der Waals surface area (Å²) >= 11 is 1.72. The van der Waals surface area contributed by atoms with Gasteiger partial charge in [-0.15, -0.1) is 11.3 Å². The Labute approximate surface area is 234 Å². The van der Waals surface area contributed by atoms with Gasteiger partial charge < -0.3 is 9.13 Å². The van der Waals surface area contributed by atoms with Crippen LogP contribution in [0.2, 0.25) is 0 Å². The Morgan fingerprint density at radius 1 is 0.675 bits per heavy atom. The summed E-state index contributed by atoms with van der Waals surface area (Å²) in [7, 11) is 2.03. The number of para-hydroxylation sites is 1. The lowest BCUT2D eigenvalue weighted by molar-refractivity contribution is 0.926. The Morgan fingerprint density at radius 3 is 2.42 bits per heavy atom. The Morgan fingerprint density at radius 2 is 1.55 bits per heavy atom. The molecule has 4 aromatic carbocycles. The quantitative estimate of drug-likeness (QED) is 0.228. The van der Waals surface area contributed by atoms with Gasteiger partial charge in [0, 0.05) is 58.8 Å². The van der Waals surface area contributed by atoms with Crippen molar-refractivity contribution in [2.75, 3.05) is 0 Å². The van der Waals surface area contributed by atoms with Crippen LogP contribution in [0, 0.1) is 0 Å². The lowest BCUT2D eigenvalue weighted by Gasteiger charge is -2.10. The highest BCUT2D eigenvalue weighted by molar-refractivity contribution is 7.22. The van der Waals surface area contributed by atoms with Crippen LogP contribution in [-0.2, 0) is 7.05 Å². The molecule has 0 radical (unpaired) electrons. The van der Waals surface area contributed by atoms with E-state index >= 15 is 0 Å². The second-order valence-electron chi connectivity index (χ2n) is 9.88. The number of nitrogens with zero attached hydrogens (tertiary/aromatic N) is 5. The Bertz CT molecular complexity index is 2190. The monoisotopic (exact) mass is 533 g/mol. The first kappa shape index (κ1) is 22.9. The molecular formula is C34H23N5S. The van der Waals surface area contributed by atoms with Crippen LogP contribution < -0.4 is 0 Å². The first-order chi connectivity index (χ1) is 19.7. The number of rotatable bonds is 4. The predicted octanol–water partition coefficient (Wildman–Crippen LogP) is 8.52. The van der Waals surface area contributed by atoms with E-state index in [0.717, 1.165) is 54.6 Å². The number of aromatic nitrogens is 5. The average Bonchev–Trinajstić information content (AvgIpc) is 3.72. The van der Waals surface area contributed by atoms with E-state index in [1.165, 1.54) is 16.3 Å². The number of hydrogen-bond acceptors (Lipinski definition) is 4. The lowest BCUT2D eigenvalue weighted by atomic mass is 10.1. The lowest BCUT2D eigenvalue weighted by Crippen LogP contribution is -1.95. The number of aryl methyl sites for hydroxylation is 1. The molecule has 4 heterocycles. The van der Waals surface area contributed by atoms with E-state index in [2.05, 4.69) is 110 Å². The molecule has 0 bridgehead atoms. The van der Waals surface area contributed by atoms with E-state index in [0.29, 0.717) is 0 Å². The van der Waals surface area contributed by atoms with Gasteiger partial charge in [-0.1, -0.05) is 54.6 Å².